The van der Waals surface area contributed by atoms with E-state index in [4.69, 9.17) is 10.5 Å². The van der Waals surface area contributed by atoms with Crippen molar-refractivity contribution >= 4 is 35.2 Å². The Balaban J connectivity index is 1.93. The molecule has 2 aromatic carbocycles. The van der Waals surface area contributed by atoms with Gasteiger partial charge in [0, 0.05) is 11.8 Å². The second-order valence-corrected chi connectivity index (χ2v) is 9.17. The van der Waals surface area contributed by atoms with E-state index in [1.165, 1.54) is 31.4 Å². The number of thioether (sulfide) groups is 1. The van der Waals surface area contributed by atoms with Crippen LogP contribution < -0.4 is 11.1 Å². The van der Waals surface area contributed by atoms with E-state index in [0.29, 0.717) is 11.3 Å². The fourth-order valence-electron chi connectivity index (χ4n) is 3.95. The molecule has 2 aliphatic heterocycles. The molecule has 36 heavy (non-hydrogen) atoms. The van der Waals surface area contributed by atoms with Crippen LogP contribution in [0.5, 0.6) is 0 Å². The van der Waals surface area contributed by atoms with E-state index < -0.39 is 29.5 Å². The van der Waals surface area contributed by atoms with Crippen molar-refractivity contribution < 1.29 is 23.5 Å². The molecule has 0 bridgehead atoms. The molecule has 0 saturated carbocycles. The first kappa shape index (κ1) is 24.8. The largest absolute Gasteiger partial charge is 0.465 e. The highest BCUT2D eigenvalue weighted by atomic mass is 32.2. The summed E-state index contributed by atoms with van der Waals surface area (Å²) < 4.78 is 18.5. The number of fused-ring (bicyclic) bond motifs is 1. The summed E-state index contributed by atoms with van der Waals surface area (Å²) in [6, 6.07) is 12.7. The van der Waals surface area contributed by atoms with Crippen LogP contribution in [0.3, 0.4) is 0 Å². The number of aryl methyl sites for hydroxylation is 2. The molecule has 3 N–H and O–H groups in total. The summed E-state index contributed by atoms with van der Waals surface area (Å²) in [6.07, 6.45) is 1.04. The quantitative estimate of drug-likeness (QED) is 0.608. The summed E-state index contributed by atoms with van der Waals surface area (Å²) in [5, 5.41) is 12.9. The number of hydrogen-bond acceptors (Lipinski definition) is 7. The lowest BCUT2D eigenvalue weighted by Gasteiger charge is -2.37. The Bertz CT molecular complexity index is 1440. The number of amides is 2. The van der Waals surface area contributed by atoms with Gasteiger partial charge in [-0.2, -0.15) is 5.26 Å². The molecule has 2 amide bonds. The van der Waals surface area contributed by atoms with Gasteiger partial charge in [0.2, 0.25) is 0 Å². The molecule has 2 aromatic rings. The lowest BCUT2D eigenvalue weighted by Crippen LogP contribution is -2.42. The number of carbonyl (C=O) groups excluding carboxylic acids is 3. The molecule has 0 fully saturated rings. The van der Waals surface area contributed by atoms with Crippen molar-refractivity contribution in [2.24, 2.45) is 5.73 Å². The number of nitrogens with one attached hydrogen (secondary N) is 1. The highest BCUT2D eigenvalue weighted by molar-refractivity contribution is 8.07. The molecular weight excluding hydrogens is 483 g/mol. The Morgan fingerprint density at radius 2 is 1.86 bits per heavy atom. The third-order valence-corrected chi connectivity index (χ3v) is 7.03. The van der Waals surface area contributed by atoms with Gasteiger partial charge in [-0.05, 0) is 54.8 Å². The SMILES string of the molecule is COC(=O)C1=CC(=O)N2C(N)=C(C#N)[C@H](c3ccc(F)cc3)C(C(=O)Nc3ccc(C)c(C)c3)=C2S1. The second kappa shape index (κ2) is 9.71. The lowest BCUT2D eigenvalue weighted by atomic mass is 9.82. The van der Waals surface area contributed by atoms with Gasteiger partial charge in [0.05, 0.1) is 35.3 Å². The topological polar surface area (TPSA) is 126 Å². The fraction of sp³-hybridized carbons (Fsp3) is 0.154. The molecule has 0 aromatic heterocycles. The number of methoxy groups -OCH3 is 1. The number of esters is 1. The Kier molecular flexibility index (Phi) is 6.68. The maximum Gasteiger partial charge on any atom is 0.344 e. The number of allylic oxidation sites excluding steroid dienone is 1. The molecule has 0 spiro atoms. The van der Waals surface area contributed by atoms with Crippen LogP contribution in [0.1, 0.15) is 22.6 Å². The summed E-state index contributed by atoms with van der Waals surface area (Å²) in [7, 11) is 1.17. The third kappa shape index (κ3) is 4.36. The zero-order chi connectivity index (χ0) is 26.1. The minimum absolute atomic E-state index is 0.0124. The average molecular weight is 505 g/mol. The van der Waals surface area contributed by atoms with Gasteiger partial charge in [-0.1, -0.05) is 30.0 Å². The van der Waals surface area contributed by atoms with Crippen LogP contribution in [0.15, 0.2) is 75.4 Å². The summed E-state index contributed by atoms with van der Waals surface area (Å²) in [4.78, 5) is 40.1. The van der Waals surface area contributed by atoms with Gasteiger partial charge in [-0.25, -0.2) is 9.18 Å². The number of carbonyl (C=O) groups is 3. The van der Waals surface area contributed by atoms with Crippen LogP contribution in [0.4, 0.5) is 10.1 Å². The van der Waals surface area contributed by atoms with Crippen molar-refractivity contribution in [1.29, 1.82) is 5.26 Å². The van der Waals surface area contributed by atoms with Gasteiger partial charge in [-0.15, -0.1) is 0 Å². The third-order valence-electron chi connectivity index (χ3n) is 5.93. The Morgan fingerprint density at radius 1 is 1.17 bits per heavy atom. The molecule has 10 heteroatoms. The first-order chi connectivity index (χ1) is 17.2. The molecule has 1 atom stereocenters. The molecule has 2 aliphatic rings. The standard InChI is InChI=1S/C26H21FN4O4S/c1-13-4-9-17(10-14(13)2)30-24(33)22-21(15-5-7-16(27)8-6-15)18(12-28)23(29)31-20(32)11-19(26(34)35-3)36-25(22)31/h4-11,21H,29H2,1-3H3,(H,30,33)/t21-/m0/s1. The summed E-state index contributed by atoms with van der Waals surface area (Å²) in [5.74, 6) is -3.78. The zero-order valence-electron chi connectivity index (χ0n) is 19.6. The first-order valence-corrected chi connectivity index (χ1v) is 11.6. The molecule has 182 valence electrons. The summed E-state index contributed by atoms with van der Waals surface area (Å²) in [6.45, 7) is 3.84. The van der Waals surface area contributed by atoms with Crippen molar-refractivity contribution in [3.05, 3.63) is 97.9 Å². The first-order valence-electron chi connectivity index (χ1n) is 10.8. The fourth-order valence-corrected chi connectivity index (χ4v) is 5.09. The van der Waals surface area contributed by atoms with Gasteiger partial charge in [-0.3, -0.25) is 14.5 Å². The number of hydrogen-bond donors (Lipinski definition) is 2. The van der Waals surface area contributed by atoms with Crippen molar-refractivity contribution in [3.8, 4) is 6.07 Å². The highest BCUT2D eigenvalue weighted by Crippen LogP contribution is 2.48. The number of nitriles is 1. The van der Waals surface area contributed by atoms with E-state index >= 15 is 0 Å². The predicted molar refractivity (Wildman–Crippen MR) is 132 cm³/mol. The maximum absolute atomic E-state index is 13.8. The number of ether oxygens (including phenoxy) is 1. The Labute approximate surface area is 210 Å². The highest BCUT2D eigenvalue weighted by Gasteiger charge is 2.43. The van der Waals surface area contributed by atoms with Gasteiger partial charge in [0.1, 0.15) is 16.5 Å². The van der Waals surface area contributed by atoms with Crippen molar-refractivity contribution in [1.82, 2.24) is 4.90 Å². The van der Waals surface area contributed by atoms with Crippen LogP contribution in [0.25, 0.3) is 0 Å². The van der Waals surface area contributed by atoms with E-state index in [0.717, 1.165) is 33.9 Å². The number of anilines is 1. The van der Waals surface area contributed by atoms with E-state index in [1.807, 2.05) is 26.0 Å². The summed E-state index contributed by atoms with van der Waals surface area (Å²) >= 11 is 0.835. The molecular formula is C26H21FN4O4S. The van der Waals surface area contributed by atoms with E-state index in [-0.39, 0.29) is 26.9 Å². The number of rotatable bonds is 4. The Hall–Kier alpha value is -4.36. The number of nitrogens with zero attached hydrogens (tertiary/aromatic N) is 2. The van der Waals surface area contributed by atoms with Gasteiger partial charge in [0.15, 0.2) is 0 Å². The molecule has 0 saturated heterocycles. The maximum atomic E-state index is 13.8. The molecule has 0 unspecified atom stereocenters. The predicted octanol–water partition coefficient (Wildman–Crippen LogP) is 3.72. The Morgan fingerprint density at radius 3 is 2.47 bits per heavy atom. The normalized spacial score (nSPS) is 17.3. The van der Waals surface area contributed by atoms with Crippen molar-refractivity contribution in [2.75, 3.05) is 12.4 Å². The molecule has 8 nitrogen and oxygen atoms in total. The summed E-state index contributed by atoms with van der Waals surface area (Å²) in [5.41, 5.74) is 9.11. The monoisotopic (exact) mass is 504 g/mol. The van der Waals surface area contributed by atoms with Crippen LogP contribution in [0, 0.1) is 31.0 Å². The van der Waals surface area contributed by atoms with Crippen molar-refractivity contribution in [3.63, 3.8) is 0 Å². The smallest absolute Gasteiger partial charge is 0.344 e. The number of nitrogens with two attached hydrogens (primary N) is 1. The van der Waals surface area contributed by atoms with Gasteiger partial charge in [0.25, 0.3) is 11.8 Å². The lowest BCUT2D eigenvalue weighted by molar-refractivity contribution is -0.135. The van der Waals surface area contributed by atoms with E-state index in [1.54, 1.807) is 12.1 Å². The minimum atomic E-state index is -1.02. The zero-order valence-corrected chi connectivity index (χ0v) is 20.4. The molecule has 4 rings (SSSR count). The average Bonchev–Trinajstić information content (AvgIpc) is 2.85. The molecule has 2 heterocycles. The second-order valence-electron chi connectivity index (χ2n) is 8.14. The van der Waals surface area contributed by atoms with Crippen LogP contribution in [-0.2, 0) is 19.1 Å². The van der Waals surface area contributed by atoms with E-state index in [9.17, 15) is 24.0 Å². The molecule has 0 aliphatic carbocycles. The van der Waals surface area contributed by atoms with Crippen LogP contribution in [-0.4, -0.2) is 29.8 Å². The van der Waals surface area contributed by atoms with Crippen LogP contribution in [0.2, 0.25) is 0 Å². The van der Waals surface area contributed by atoms with Crippen LogP contribution >= 0.6 is 11.8 Å². The van der Waals surface area contributed by atoms with Crippen molar-refractivity contribution in [2.45, 2.75) is 19.8 Å². The number of benzene rings is 2. The van der Waals surface area contributed by atoms with Gasteiger partial charge >= 0.3 is 5.97 Å². The molecule has 0 radical (unpaired) electrons. The number of halogens is 1. The minimum Gasteiger partial charge on any atom is -0.465 e. The van der Waals surface area contributed by atoms with Gasteiger partial charge < -0.3 is 15.8 Å². The van der Waals surface area contributed by atoms with E-state index in [2.05, 4.69) is 5.32 Å².